The maximum absolute atomic E-state index is 12.2. The van der Waals surface area contributed by atoms with Crippen molar-refractivity contribution in [2.45, 2.75) is 25.7 Å². The van der Waals surface area contributed by atoms with E-state index >= 15 is 0 Å². The number of ether oxygens (including phenoxy) is 2. The van der Waals surface area contributed by atoms with Gasteiger partial charge in [0.25, 0.3) is 0 Å². The molecule has 0 saturated carbocycles. The maximum atomic E-state index is 12.2. The summed E-state index contributed by atoms with van der Waals surface area (Å²) in [6, 6.07) is 4.33. The van der Waals surface area contributed by atoms with Gasteiger partial charge in [-0.15, -0.1) is 0 Å². The summed E-state index contributed by atoms with van der Waals surface area (Å²) in [5.74, 6) is 0.444. The van der Waals surface area contributed by atoms with Crippen LogP contribution in [-0.4, -0.2) is 40.6 Å². The van der Waals surface area contributed by atoms with E-state index in [2.05, 4.69) is 10.0 Å². The molecule has 0 aliphatic heterocycles. The van der Waals surface area contributed by atoms with Crippen LogP contribution in [0.2, 0.25) is 0 Å². The molecule has 0 bridgehead atoms. The molecule has 0 aliphatic carbocycles. The van der Waals surface area contributed by atoms with Crippen LogP contribution in [0.25, 0.3) is 0 Å². The molecule has 1 aromatic carbocycles. The lowest BCUT2D eigenvalue weighted by atomic mass is 10.3. The maximum Gasteiger partial charge on any atom is 0.241 e. The zero-order chi connectivity index (χ0) is 16.6. The summed E-state index contributed by atoms with van der Waals surface area (Å²) < 4.78 is 37.4. The highest BCUT2D eigenvalue weighted by Crippen LogP contribution is 2.30. The van der Waals surface area contributed by atoms with Gasteiger partial charge in [0.15, 0.2) is 11.5 Å². The third-order valence-electron chi connectivity index (χ3n) is 2.62. The molecule has 1 amide bonds. The van der Waals surface area contributed by atoms with E-state index in [-0.39, 0.29) is 17.3 Å². The van der Waals surface area contributed by atoms with Gasteiger partial charge in [0, 0.05) is 12.6 Å². The van der Waals surface area contributed by atoms with Crippen LogP contribution < -0.4 is 19.5 Å². The highest BCUT2D eigenvalue weighted by atomic mass is 32.2. The third kappa shape index (κ3) is 5.19. The standard InChI is InChI=1S/C14H22N2O5S/c1-4-15-14(17)10-16-22(18,19)11-7-8-12(20-5-2)13(9-11)21-6-3/h7-9,16H,4-6,10H2,1-3H3,(H,15,17). The van der Waals surface area contributed by atoms with Gasteiger partial charge in [-0.25, -0.2) is 13.1 Å². The largest absolute Gasteiger partial charge is 0.490 e. The zero-order valence-electron chi connectivity index (χ0n) is 13.0. The first-order valence-electron chi connectivity index (χ1n) is 7.10. The second-order valence-corrected chi connectivity index (χ2v) is 6.02. The Balaban J connectivity index is 2.94. The lowest BCUT2D eigenvalue weighted by molar-refractivity contribution is -0.119. The van der Waals surface area contributed by atoms with E-state index < -0.39 is 10.0 Å². The van der Waals surface area contributed by atoms with Gasteiger partial charge in [-0.05, 0) is 32.9 Å². The zero-order valence-corrected chi connectivity index (χ0v) is 13.8. The number of benzene rings is 1. The molecule has 22 heavy (non-hydrogen) atoms. The minimum absolute atomic E-state index is 0.0173. The molecule has 0 heterocycles. The van der Waals surface area contributed by atoms with E-state index in [1.165, 1.54) is 18.2 Å². The van der Waals surface area contributed by atoms with Gasteiger partial charge in [0.1, 0.15) is 0 Å². The second kappa shape index (κ2) is 8.60. The summed E-state index contributed by atoms with van der Waals surface area (Å²) in [5.41, 5.74) is 0. The van der Waals surface area contributed by atoms with Crippen LogP contribution in [0.3, 0.4) is 0 Å². The fourth-order valence-electron chi connectivity index (χ4n) is 1.70. The normalized spacial score (nSPS) is 11.0. The minimum Gasteiger partial charge on any atom is -0.490 e. The Morgan fingerprint density at radius 2 is 1.73 bits per heavy atom. The number of likely N-dealkylation sites (N-methyl/N-ethyl adjacent to an activating group) is 1. The number of carbonyl (C=O) groups is 1. The molecule has 8 heteroatoms. The van der Waals surface area contributed by atoms with Crippen LogP contribution >= 0.6 is 0 Å². The van der Waals surface area contributed by atoms with Crippen molar-refractivity contribution in [3.63, 3.8) is 0 Å². The monoisotopic (exact) mass is 330 g/mol. The van der Waals surface area contributed by atoms with Gasteiger partial charge in [0.2, 0.25) is 15.9 Å². The number of sulfonamides is 1. The molecule has 0 saturated heterocycles. The Hall–Kier alpha value is -1.80. The Morgan fingerprint density at radius 1 is 1.09 bits per heavy atom. The van der Waals surface area contributed by atoms with Gasteiger partial charge in [0.05, 0.1) is 24.7 Å². The summed E-state index contributed by atoms with van der Waals surface area (Å²) in [5, 5.41) is 2.52. The Labute approximate surface area is 131 Å². The predicted molar refractivity (Wildman–Crippen MR) is 82.7 cm³/mol. The fraction of sp³-hybridized carbons (Fsp3) is 0.500. The molecule has 0 fully saturated rings. The van der Waals surface area contributed by atoms with Crippen molar-refractivity contribution < 1.29 is 22.7 Å². The van der Waals surface area contributed by atoms with E-state index in [0.717, 1.165) is 0 Å². The van der Waals surface area contributed by atoms with Crippen molar-refractivity contribution >= 4 is 15.9 Å². The van der Waals surface area contributed by atoms with Crippen LogP contribution in [-0.2, 0) is 14.8 Å². The van der Waals surface area contributed by atoms with Crippen molar-refractivity contribution in [3.05, 3.63) is 18.2 Å². The van der Waals surface area contributed by atoms with Crippen molar-refractivity contribution in [2.75, 3.05) is 26.3 Å². The van der Waals surface area contributed by atoms with Gasteiger partial charge < -0.3 is 14.8 Å². The van der Waals surface area contributed by atoms with Crippen LogP contribution in [0.5, 0.6) is 11.5 Å². The number of nitrogens with one attached hydrogen (secondary N) is 2. The number of hydrogen-bond acceptors (Lipinski definition) is 5. The van der Waals surface area contributed by atoms with Crippen LogP contribution in [0.4, 0.5) is 0 Å². The second-order valence-electron chi connectivity index (χ2n) is 4.25. The van der Waals surface area contributed by atoms with Crippen molar-refractivity contribution in [3.8, 4) is 11.5 Å². The molecule has 7 nitrogen and oxygen atoms in total. The van der Waals surface area contributed by atoms with E-state index in [1.54, 1.807) is 13.8 Å². The summed E-state index contributed by atoms with van der Waals surface area (Å²) in [7, 11) is -3.79. The summed E-state index contributed by atoms with van der Waals surface area (Å²) in [4.78, 5) is 11.4. The average molecular weight is 330 g/mol. The van der Waals surface area contributed by atoms with E-state index in [1.807, 2.05) is 6.92 Å². The highest BCUT2D eigenvalue weighted by molar-refractivity contribution is 7.89. The Morgan fingerprint density at radius 3 is 2.32 bits per heavy atom. The molecule has 2 N–H and O–H groups in total. The summed E-state index contributed by atoms with van der Waals surface area (Å²) in [6.07, 6.45) is 0. The van der Waals surface area contributed by atoms with E-state index in [9.17, 15) is 13.2 Å². The first kappa shape index (κ1) is 18.2. The fourth-order valence-corrected chi connectivity index (χ4v) is 2.70. The van der Waals surface area contributed by atoms with Crippen LogP contribution in [0.15, 0.2) is 23.1 Å². The number of carbonyl (C=O) groups excluding carboxylic acids is 1. The van der Waals surface area contributed by atoms with Crippen molar-refractivity contribution in [1.29, 1.82) is 0 Å². The minimum atomic E-state index is -3.79. The topological polar surface area (TPSA) is 93.7 Å². The molecule has 0 radical (unpaired) electrons. The van der Waals surface area contributed by atoms with E-state index in [0.29, 0.717) is 31.3 Å². The van der Waals surface area contributed by atoms with Gasteiger partial charge in [-0.2, -0.15) is 0 Å². The van der Waals surface area contributed by atoms with Gasteiger partial charge in [-0.1, -0.05) is 0 Å². The third-order valence-corrected chi connectivity index (χ3v) is 4.02. The van der Waals surface area contributed by atoms with Crippen molar-refractivity contribution in [2.24, 2.45) is 0 Å². The molecule has 0 atom stereocenters. The van der Waals surface area contributed by atoms with Crippen LogP contribution in [0.1, 0.15) is 20.8 Å². The smallest absolute Gasteiger partial charge is 0.241 e. The molecule has 124 valence electrons. The molecule has 0 unspecified atom stereocenters. The Kier molecular flexibility index (Phi) is 7.13. The summed E-state index contributed by atoms with van der Waals surface area (Å²) >= 11 is 0. The molecule has 0 aliphatic rings. The molecule has 1 rings (SSSR count). The molecular weight excluding hydrogens is 308 g/mol. The van der Waals surface area contributed by atoms with Crippen LogP contribution in [0, 0.1) is 0 Å². The molecule has 0 spiro atoms. The Bertz CT molecular complexity index is 601. The summed E-state index contributed by atoms with van der Waals surface area (Å²) in [6.45, 7) is 6.34. The first-order valence-corrected chi connectivity index (χ1v) is 8.58. The van der Waals surface area contributed by atoms with Gasteiger partial charge in [-0.3, -0.25) is 4.79 Å². The average Bonchev–Trinajstić information content (AvgIpc) is 2.48. The molecular formula is C14H22N2O5S. The van der Waals surface area contributed by atoms with Crippen molar-refractivity contribution in [1.82, 2.24) is 10.0 Å². The highest BCUT2D eigenvalue weighted by Gasteiger charge is 2.18. The number of rotatable bonds is 9. The molecule has 1 aromatic rings. The van der Waals surface area contributed by atoms with Gasteiger partial charge >= 0.3 is 0 Å². The SMILES string of the molecule is CCNC(=O)CNS(=O)(=O)c1ccc(OCC)c(OCC)c1. The predicted octanol–water partition coefficient (Wildman–Crippen LogP) is 0.898. The van der Waals surface area contributed by atoms with E-state index in [4.69, 9.17) is 9.47 Å². The lowest BCUT2D eigenvalue weighted by Gasteiger charge is -2.13. The quantitative estimate of drug-likeness (QED) is 0.701. The number of amides is 1. The number of hydrogen-bond donors (Lipinski definition) is 2. The lowest BCUT2D eigenvalue weighted by Crippen LogP contribution is -2.36. The first-order chi connectivity index (χ1) is 10.4. The molecule has 0 aromatic heterocycles.